The monoisotopic (exact) mass is 726 g/mol. The zero-order valence-corrected chi connectivity index (χ0v) is 28.7. The summed E-state index contributed by atoms with van der Waals surface area (Å²) >= 11 is 7.66. The number of carbonyl (C=O) groups excluding carboxylic acids is 2. The number of nitrogens with one attached hydrogen (secondary N) is 2. The first kappa shape index (κ1) is 34.9. The van der Waals surface area contributed by atoms with Gasteiger partial charge in [0, 0.05) is 23.4 Å². The van der Waals surface area contributed by atoms with Crippen LogP contribution >= 0.6 is 23.1 Å². The third kappa shape index (κ3) is 7.45. The van der Waals surface area contributed by atoms with Gasteiger partial charge >= 0.3 is 18.7 Å². The van der Waals surface area contributed by atoms with Crippen LogP contribution in [0.2, 0.25) is 5.02 Å². The summed E-state index contributed by atoms with van der Waals surface area (Å²) in [5, 5.41) is 19.6. The van der Waals surface area contributed by atoms with Crippen LogP contribution in [0.1, 0.15) is 63.8 Å². The van der Waals surface area contributed by atoms with Gasteiger partial charge in [-0.1, -0.05) is 62.7 Å². The van der Waals surface area contributed by atoms with Crippen molar-refractivity contribution in [3.8, 4) is 21.7 Å². The van der Waals surface area contributed by atoms with Gasteiger partial charge in [0.1, 0.15) is 17.9 Å². The van der Waals surface area contributed by atoms with Crippen LogP contribution in [0.15, 0.2) is 66.2 Å². The number of hydrogen-bond acceptors (Lipinski definition) is 9. The summed E-state index contributed by atoms with van der Waals surface area (Å²) < 4.78 is 36.6. The Balaban J connectivity index is 1.45. The summed E-state index contributed by atoms with van der Waals surface area (Å²) in [7, 11) is 0. The maximum Gasteiger partial charge on any atom is 0.411 e. The van der Waals surface area contributed by atoms with E-state index in [9.17, 15) is 23.5 Å². The molecule has 2 aromatic heterocycles. The van der Waals surface area contributed by atoms with E-state index in [4.69, 9.17) is 21.3 Å². The molecule has 3 N–H and O–H groups in total. The maximum atomic E-state index is 15.0. The van der Waals surface area contributed by atoms with Crippen molar-refractivity contribution >= 4 is 47.2 Å². The molecule has 0 bridgehead atoms. The van der Waals surface area contributed by atoms with Crippen molar-refractivity contribution < 1.29 is 33.0 Å². The number of aliphatic imine (C=N–C) groups is 1. The molecule has 3 heterocycles. The van der Waals surface area contributed by atoms with Crippen molar-refractivity contribution in [1.82, 2.24) is 34.7 Å². The highest BCUT2D eigenvalue weighted by atomic mass is 35.5. The van der Waals surface area contributed by atoms with Crippen molar-refractivity contribution in [1.29, 1.82) is 0 Å². The molecule has 13 nitrogen and oxygen atoms in total. The number of guanidine groups is 1. The van der Waals surface area contributed by atoms with Crippen LogP contribution in [0.3, 0.4) is 0 Å². The van der Waals surface area contributed by atoms with Gasteiger partial charge in [0.2, 0.25) is 5.96 Å². The molecular weight excluding hydrogens is 694 g/mol. The second-order valence-electron chi connectivity index (χ2n) is 13.2. The first-order chi connectivity index (χ1) is 23.7. The van der Waals surface area contributed by atoms with Gasteiger partial charge in [-0.2, -0.15) is 18.3 Å². The predicted octanol–water partition coefficient (Wildman–Crippen LogP) is 6.84. The van der Waals surface area contributed by atoms with Crippen molar-refractivity contribution in [2.24, 2.45) is 10.4 Å². The summed E-state index contributed by atoms with van der Waals surface area (Å²) in [5.74, 6) is -0.837. The Kier molecular flexibility index (Phi) is 9.59. The summed E-state index contributed by atoms with van der Waals surface area (Å²) in [6.45, 7) is 2.61. The Hall–Kier alpha value is -4.96. The summed E-state index contributed by atoms with van der Waals surface area (Å²) in [6.07, 6.45) is 3.57. The fourth-order valence-corrected chi connectivity index (χ4v) is 6.69. The lowest BCUT2D eigenvalue weighted by molar-refractivity contribution is -0.135. The minimum atomic E-state index is -2.80. The highest BCUT2D eigenvalue weighted by molar-refractivity contribution is 7.09. The molecule has 3 amide bonds. The lowest BCUT2D eigenvalue weighted by Crippen LogP contribution is -2.49. The molecule has 2 aliphatic rings. The Morgan fingerprint density at radius 3 is 2.50 bits per heavy atom. The summed E-state index contributed by atoms with van der Waals surface area (Å²) in [6, 6.07) is 10.6. The standard InChI is InChI=1S/C33H33ClF2N8O5S/c1-32(2,3)16-33(21-7-4-18(5-8-21)20-13-38-43(14-20)28(35)36)27(45)44(29(42-33)41-30(46)47)25(15-49-31(48)40-22-9-10-22)19-6-11-24(34)23(12-19)26-37-17-39-50-26/h4-8,11-14,17,22,25,28H,9-10,15-16H2,1-3H3,(H,40,48)(H,41,42)(H,46,47)/t25-,33?/m1/s1. The largest absolute Gasteiger partial charge is 0.465 e. The van der Waals surface area contributed by atoms with E-state index in [2.05, 4.69) is 25.1 Å². The highest BCUT2D eigenvalue weighted by Crippen LogP contribution is 2.46. The number of aromatic nitrogens is 4. The van der Waals surface area contributed by atoms with Crippen LogP contribution in [0.5, 0.6) is 0 Å². The topological polar surface area (TPSA) is 164 Å². The summed E-state index contributed by atoms with van der Waals surface area (Å²) in [4.78, 5) is 50.3. The molecule has 0 saturated heterocycles. The Morgan fingerprint density at radius 1 is 1.16 bits per heavy atom. The van der Waals surface area contributed by atoms with E-state index in [0.717, 1.165) is 24.4 Å². The number of alkyl halides is 2. The minimum absolute atomic E-state index is 0.00632. The number of carboxylic acid groups (broad SMARTS) is 1. The minimum Gasteiger partial charge on any atom is -0.465 e. The first-order valence-corrected chi connectivity index (χ1v) is 16.8. The molecule has 4 aromatic rings. The van der Waals surface area contributed by atoms with Crippen LogP contribution in [0.4, 0.5) is 18.4 Å². The predicted molar refractivity (Wildman–Crippen MR) is 181 cm³/mol. The average Bonchev–Trinajstić information content (AvgIpc) is 3.40. The molecule has 1 fully saturated rings. The van der Waals surface area contributed by atoms with Gasteiger partial charge in [-0.15, -0.1) is 0 Å². The molecule has 2 aromatic carbocycles. The fourth-order valence-electron chi connectivity index (χ4n) is 5.87. The number of benzene rings is 2. The van der Waals surface area contributed by atoms with Gasteiger partial charge in [-0.05, 0) is 65.0 Å². The SMILES string of the molecule is CC(C)(C)CC1(c2ccc(-c3cnn(C(F)F)c3)cc2)N=C(NC(=O)O)N([C@H](COC(=O)NC2CC2)c2ccc(Cl)c(-c3ncns3)c2)C1=O. The number of hydrogen-bond donors (Lipinski definition) is 3. The molecule has 1 aliphatic heterocycles. The second-order valence-corrected chi connectivity index (χ2v) is 14.4. The van der Waals surface area contributed by atoms with Gasteiger partial charge < -0.3 is 15.2 Å². The molecular formula is C33H33ClF2N8O5S. The number of nitrogens with zero attached hydrogens (tertiary/aromatic N) is 6. The van der Waals surface area contributed by atoms with Gasteiger partial charge in [0.25, 0.3) is 5.91 Å². The van der Waals surface area contributed by atoms with E-state index in [1.807, 2.05) is 20.8 Å². The molecule has 1 saturated carbocycles. The van der Waals surface area contributed by atoms with Crippen LogP contribution in [-0.4, -0.2) is 65.8 Å². The normalized spacial score (nSPS) is 18.3. The van der Waals surface area contributed by atoms with E-state index in [1.165, 1.54) is 23.6 Å². The molecule has 262 valence electrons. The molecule has 2 atom stereocenters. The van der Waals surface area contributed by atoms with Crippen LogP contribution in [0.25, 0.3) is 21.7 Å². The molecule has 0 spiro atoms. The Labute approximate surface area is 294 Å². The van der Waals surface area contributed by atoms with E-state index < -0.39 is 41.6 Å². The zero-order valence-electron chi connectivity index (χ0n) is 27.1. The number of carbonyl (C=O) groups is 3. The maximum absolute atomic E-state index is 15.0. The number of halogens is 3. The van der Waals surface area contributed by atoms with E-state index in [0.29, 0.717) is 42.5 Å². The second kappa shape index (κ2) is 13.7. The number of alkyl carbamates (subject to hydrolysis) is 1. The van der Waals surface area contributed by atoms with Crippen LogP contribution in [-0.2, 0) is 15.1 Å². The van der Waals surface area contributed by atoms with E-state index in [-0.39, 0.29) is 25.0 Å². The van der Waals surface area contributed by atoms with Crippen LogP contribution in [0, 0.1) is 5.41 Å². The lowest BCUT2D eigenvalue weighted by Gasteiger charge is -2.35. The Bertz CT molecular complexity index is 1930. The highest BCUT2D eigenvalue weighted by Gasteiger charge is 2.54. The lowest BCUT2D eigenvalue weighted by atomic mass is 9.75. The van der Waals surface area contributed by atoms with Crippen LogP contribution < -0.4 is 10.6 Å². The molecule has 50 heavy (non-hydrogen) atoms. The van der Waals surface area contributed by atoms with Crippen molar-refractivity contribution in [2.45, 2.75) is 64.2 Å². The number of rotatable bonds is 10. The molecule has 6 rings (SSSR count). The molecule has 17 heteroatoms. The smallest absolute Gasteiger partial charge is 0.411 e. The fraction of sp³-hybridized carbons (Fsp3) is 0.364. The quantitative estimate of drug-likeness (QED) is 0.160. The van der Waals surface area contributed by atoms with Crippen molar-refractivity contribution in [3.63, 3.8) is 0 Å². The third-order valence-electron chi connectivity index (χ3n) is 8.15. The van der Waals surface area contributed by atoms with Gasteiger partial charge in [-0.25, -0.2) is 24.2 Å². The molecule has 0 radical (unpaired) electrons. The molecule has 1 aliphatic carbocycles. The number of ether oxygens (including phenoxy) is 1. The number of amides is 3. The van der Waals surface area contributed by atoms with Gasteiger partial charge in [-0.3, -0.25) is 15.0 Å². The zero-order chi connectivity index (χ0) is 35.8. The third-order valence-corrected chi connectivity index (χ3v) is 9.18. The van der Waals surface area contributed by atoms with Crippen molar-refractivity contribution in [3.05, 3.63) is 77.3 Å². The van der Waals surface area contributed by atoms with E-state index in [1.54, 1.807) is 42.5 Å². The van der Waals surface area contributed by atoms with Crippen molar-refractivity contribution in [2.75, 3.05) is 6.61 Å². The van der Waals surface area contributed by atoms with E-state index >= 15 is 4.79 Å². The average molecular weight is 727 g/mol. The Morgan fingerprint density at radius 2 is 1.90 bits per heavy atom. The molecule has 1 unspecified atom stereocenters. The van der Waals surface area contributed by atoms with Gasteiger partial charge in [0.15, 0.2) is 5.54 Å². The first-order valence-electron chi connectivity index (χ1n) is 15.6. The van der Waals surface area contributed by atoms with Gasteiger partial charge in [0.05, 0.1) is 17.3 Å². The summed E-state index contributed by atoms with van der Waals surface area (Å²) in [5.41, 5.74) is 0.277.